The Hall–Kier alpha value is -1.32. The molecule has 2 fully saturated rings. The van der Waals surface area contributed by atoms with Crippen molar-refractivity contribution in [2.45, 2.75) is 83.0 Å². The second-order valence-corrected chi connectivity index (χ2v) is 9.13. The molecule has 0 atom stereocenters. The molecule has 0 spiro atoms. The smallest absolute Gasteiger partial charge is 0.194 e. The molecule has 2 aliphatic rings. The van der Waals surface area contributed by atoms with E-state index < -0.39 is 17.5 Å². The average molecular weight is 411 g/mol. The van der Waals surface area contributed by atoms with Gasteiger partial charge in [0.25, 0.3) is 0 Å². The van der Waals surface area contributed by atoms with Crippen molar-refractivity contribution in [2.75, 3.05) is 6.67 Å². The Morgan fingerprint density at radius 1 is 0.793 bits per heavy atom. The number of allylic oxidation sites excluding steroid dienone is 2. The summed E-state index contributed by atoms with van der Waals surface area (Å²) in [6.07, 6.45) is 17.6. The van der Waals surface area contributed by atoms with Crippen LogP contribution < -0.4 is 0 Å². The Bertz CT molecular complexity index is 630. The highest BCUT2D eigenvalue weighted by Crippen LogP contribution is 2.40. The van der Waals surface area contributed by atoms with E-state index in [1.807, 2.05) is 0 Å². The standard InChI is InChI=1S/C25H34F4/c26-15-3-1-2-4-18-5-7-19(8-6-18)9-10-20-11-13-21(14-12-20)22-16-23(27)25(29)24(28)17-22/h2,4,16-21H,1,3,5-15H2/t18-,19-,20-,21-. The molecule has 162 valence electrons. The number of rotatable bonds is 8. The summed E-state index contributed by atoms with van der Waals surface area (Å²) >= 11 is 0. The van der Waals surface area contributed by atoms with Crippen LogP contribution >= 0.6 is 0 Å². The largest absolute Gasteiger partial charge is 0.251 e. The molecule has 3 rings (SSSR count). The predicted molar refractivity (Wildman–Crippen MR) is 110 cm³/mol. The first-order valence-corrected chi connectivity index (χ1v) is 11.4. The summed E-state index contributed by atoms with van der Waals surface area (Å²) < 4.78 is 52.3. The number of halogens is 4. The second-order valence-electron chi connectivity index (χ2n) is 9.13. The van der Waals surface area contributed by atoms with Gasteiger partial charge in [0, 0.05) is 0 Å². The fourth-order valence-electron chi connectivity index (χ4n) is 5.22. The Morgan fingerprint density at radius 3 is 1.90 bits per heavy atom. The molecule has 0 amide bonds. The molecule has 1 aromatic carbocycles. The molecule has 0 heterocycles. The van der Waals surface area contributed by atoms with Gasteiger partial charge in [-0.15, -0.1) is 0 Å². The van der Waals surface area contributed by atoms with Crippen LogP contribution in [0.5, 0.6) is 0 Å². The Kier molecular flexibility index (Phi) is 8.62. The van der Waals surface area contributed by atoms with Gasteiger partial charge < -0.3 is 0 Å². The van der Waals surface area contributed by atoms with Gasteiger partial charge in [-0.25, -0.2) is 13.2 Å². The van der Waals surface area contributed by atoms with Crippen molar-refractivity contribution in [3.05, 3.63) is 47.3 Å². The maximum atomic E-state index is 13.5. The van der Waals surface area contributed by atoms with Crippen LogP contribution in [0.1, 0.15) is 88.5 Å². The Labute approximate surface area is 172 Å². The number of hydrogen-bond donors (Lipinski definition) is 0. The monoisotopic (exact) mass is 410 g/mol. The summed E-state index contributed by atoms with van der Waals surface area (Å²) in [5.74, 6) is -1.16. The van der Waals surface area contributed by atoms with Crippen LogP contribution in [0.25, 0.3) is 0 Å². The van der Waals surface area contributed by atoms with Crippen LogP contribution in [-0.2, 0) is 0 Å². The maximum absolute atomic E-state index is 13.5. The molecule has 2 aliphatic carbocycles. The molecule has 0 radical (unpaired) electrons. The third kappa shape index (κ3) is 6.58. The van der Waals surface area contributed by atoms with Gasteiger partial charge in [0.05, 0.1) is 6.67 Å². The highest BCUT2D eigenvalue weighted by atomic mass is 19.2. The van der Waals surface area contributed by atoms with Crippen molar-refractivity contribution in [1.29, 1.82) is 0 Å². The van der Waals surface area contributed by atoms with Gasteiger partial charge in [-0.1, -0.05) is 25.0 Å². The Balaban J connectivity index is 1.35. The third-order valence-electron chi connectivity index (χ3n) is 7.11. The van der Waals surface area contributed by atoms with Crippen molar-refractivity contribution < 1.29 is 17.6 Å². The zero-order valence-electron chi connectivity index (χ0n) is 17.3. The predicted octanol–water partition coefficient (Wildman–Crippen LogP) is 8.27. The van der Waals surface area contributed by atoms with Gasteiger partial charge >= 0.3 is 0 Å². The summed E-state index contributed by atoms with van der Waals surface area (Å²) in [6.45, 7) is -0.226. The van der Waals surface area contributed by atoms with Crippen LogP contribution in [-0.4, -0.2) is 6.67 Å². The van der Waals surface area contributed by atoms with Crippen LogP contribution in [0.15, 0.2) is 24.3 Å². The lowest BCUT2D eigenvalue weighted by atomic mass is 9.74. The summed E-state index contributed by atoms with van der Waals surface area (Å²) in [6, 6.07) is 2.35. The van der Waals surface area contributed by atoms with Gasteiger partial charge in [0.15, 0.2) is 17.5 Å². The van der Waals surface area contributed by atoms with Crippen molar-refractivity contribution in [1.82, 2.24) is 0 Å². The molecule has 4 heteroatoms. The summed E-state index contributed by atoms with van der Waals surface area (Å²) in [5, 5.41) is 0. The highest BCUT2D eigenvalue weighted by molar-refractivity contribution is 5.23. The lowest BCUT2D eigenvalue weighted by Gasteiger charge is -2.31. The fourth-order valence-corrected chi connectivity index (χ4v) is 5.22. The zero-order chi connectivity index (χ0) is 20.6. The molecule has 2 saturated carbocycles. The van der Waals surface area contributed by atoms with Gasteiger partial charge in [-0.3, -0.25) is 4.39 Å². The summed E-state index contributed by atoms with van der Waals surface area (Å²) in [5.41, 5.74) is 0.609. The minimum absolute atomic E-state index is 0.149. The minimum atomic E-state index is -1.37. The number of alkyl halides is 1. The lowest BCUT2D eigenvalue weighted by Crippen LogP contribution is -2.17. The molecular weight excluding hydrogens is 376 g/mol. The van der Waals surface area contributed by atoms with E-state index in [-0.39, 0.29) is 12.6 Å². The normalized spacial score (nSPS) is 28.1. The number of unbranched alkanes of at least 4 members (excludes halogenated alkanes) is 1. The Morgan fingerprint density at radius 2 is 1.34 bits per heavy atom. The highest BCUT2D eigenvalue weighted by Gasteiger charge is 2.26. The molecule has 1 aromatic rings. The molecule has 0 saturated heterocycles. The van der Waals surface area contributed by atoms with E-state index in [1.165, 1.54) is 50.7 Å². The quantitative estimate of drug-likeness (QED) is 0.175. The van der Waals surface area contributed by atoms with Gasteiger partial charge in [0.1, 0.15) is 0 Å². The van der Waals surface area contributed by atoms with Crippen molar-refractivity contribution >= 4 is 0 Å². The van der Waals surface area contributed by atoms with Crippen LogP contribution in [0.4, 0.5) is 17.6 Å². The zero-order valence-corrected chi connectivity index (χ0v) is 17.3. The molecular formula is C25H34F4. The third-order valence-corrected chi connectivity index (χ3v) is 7.11. The average Bonchev–Trinajstić information content (AvgIpc) is 2.74. The van der Waals surface area contributed by atoms with E-state index >= 15 is 0 Å². The van der Waals surface area contributed by atoms with Crippen LogP contribution in [0, 0.1) is 35.2 Å². The maximum Gasteiger partial charge on any atom is 0.194 e. The molecule has 0 aromatic heterocycles. The van der Waals surface area contributed by atoms with Gasteiger partial charge in [0.2, 0.25) is 0 Å². The van der Waals surface area contributed by atoms with E-state index in [4.69, 9.17) is 0 Å². The van der Waals surface area contributed by atoms with Gasteiger partial charge in [-0.05, 0) is 106 Å². The van der Waals surface area contributed by atoms with E-state index in [1.54, 1.807) is 0 Å². The number of hydrogen-bond acceptors (Lipinski definition) is 0. The molecule has 29 heavy (non-hydrogen) atoms. The molecule has 0 unspecified atom stereocenters. The molecule has 0 bridgehead atoms. The summed E-state index contributed by atoms with van der Waals surface area (Å²) in [7, 11) is 0. The van der Waals surface area contributed by atoms with E-state index in [0.717, 1.165) is 38.0 Å². The molecule has 0 aliphatic heterocycles. The minimum Gasteiger partial charge on any atom is -0.251 e. The molecule has 0 N–H and O–H groups in total. The molecule has 0 nitrogen and oxygen atoms in total. The van der Waals surface area contributed by atoms with Crippen molar-refractivity contribution in [3.63, 3.8) is 0 Å². The lowest BCUT2D eigenvalue weighted by molar-refractivity contribution is 0.245. The topological polar surface area (TPSA) is 0 Å². The van der Waals surface area contributed by atoms with Crippen LogP contribution in [0.2, 0.25) is 0 Å². The van der Waals surface area contributed by atoms with E-state index in [2.05, 4.69) is 12.2 Å². The fraction of sp³-hybridized carbons (Fsp3) is 0.680. The first-order valence-electron chi connectivity index (χ1n) is 11.4. The first kappa shape index (κ1) is 22.4. The van der Waals surface area contributed by atoms with E-state index in [9.17, 15) is 17.6 Å². The second kappa shape index (κ2) is 11.2. The number of benzene rings is 1. The summed E-state index contributed by atoms with van der Waals surface area (Å²) in [4.78, 5) is 0. The van der Waals surface area contributed by atoms with Crippen LogP contribution in [0.3, 0.4) is 0 Å². The van der Waals surface area contributed by atoms with Crippen molar-refractivity contribution in [3.8, 4) is 0 Å². The van der Waals surface area contributed by atoms with E-state index in [0.29, 0.717) is 23.8 Å². The SMILES string of the molecule is FCCCC=C[C@H]1CC[C@H](CC[C@H]2CC[C@H](c3cc(F)c(F)c(F)c3)CC2)CC1. The first-order chi connectivity index (χ1) is 14.1. The van der Waals surface area contributed by atoms with Crippen molar-refractivity contribution in [2.24, 2.45) is 17.8 Å². The van der Waals surface area contributed by atoms with Gasteiger partial charge in [-0.2, -0.15) is 0 Å².